The molecule has 0 radical (unpaired) electrons. The van der Waals surface area contributed by atoms with Crippen LogP contribution in [0.2, 0.25) is 0 Å². The first-order chi connectivity index (χ1) is 8.49. The molecule has 1 N–H and O–H groups in total. The molecule has 0 aliphatic heterocycles. The number of benzene rings is 1. The van der Waals surface area contributed by atoms with E-state index in [1.54, 1.807) is 24.3 Å². The molecule has 0 aliphatic carbocycles. The van der Waals surface area contributed by atoms with Crippen LogP contribution in [0.25, 0.3) is 0 Å². The number of methoxy groups -OCH3 is 1. The molecular formula is C13H17NO4. The van der Waals surface area contributed by atoms with Gasteiger partial charge in [-0.2, -0.15) is 0 Å². The summed E-state index contributed by atoms with van der Waals surface area (Å²) in [6.07, 6.45) is -0.780. The Hall–Kier alpha value is -1.88. The number of hydrogen-bond donors (Lipinski definition) is 1. The van der Waals surface area contributed by atoms with Crippen LogP contribution in [-0.2, 0) is 14.3 Å². The molecule has 0 saturated carbocycles. The van der Waals surface area contributed by atoms with Crippen molar-refractivity contribution in [2.45, 2.75) is 19.1 Å². The summed E-state index contributed by atoms with van der Waals surface area (Å²) in [7, 11) is 2.88. The number of amides is 1. The molecule has 0 aromatic heterocycles. The van der Waals surface area contributed by atoms with Crippen molar-refractivity contribution in [1.29, 1.82) is 0 Å². The van der Waals surface area contributed by atoms with E-state index in [9.17, 15) is 9.59 Å². The van der Waals surface area contributed by atoms with Gasteiger partial charge in [-0.05, 0) is 12.5 Å². The highest BCUT2D eigenvalue weighted by Gasteiger charge is 2.29. The van der Waals surface area contributed by atoms with Gasteiger partial charge in [0.15, 0.2) is 6.10 Å². The molecule has 2 unspecified atom stereocenters. The maximum atomic E-state index is 12.2. The van der Waals surface area contributed by atoms with Gasteiger partial charge in [0.05, 0.1) is 0 Å². The van der Waals surface area contributed by atoms with Crippen molar-refractivity contribution in [3.8, 4) is 0 Å². The van der Waals surface area contributed by atoms with E-state index in [2.05, 4.69) is 0 Å². The minimum Gasteiger partial charge on any atom is -0.480 e. The Kier molecular flexibility index (Phi) is 4.85. The largest absolute Gasteiger partial charge is 0.480 e. The molecule has 2 atom stereocenters. The fraction of sp³-hybridized carbons (Fsp3) is 0.385. The van der Waals surface area contributed by atoms with Gasteiger partial charge in [-0.15, -0.1) is 0 Å². The van der Waals surface area contributed by atoms with E-state index in [-0.39, 0.29) is 5.91 Å². The Bertz CT molecular complexity index is 418. The van der Waals surface area contributed by atoms with Gasteiger partial charge in [0.2, 0.25) is 0 Å². The summed E-state index contributed by atoms with van der Waals surface area (Å²) in [5.41, 5.74) is 0.703. The molecule has 0 spiro atoms. The Morgan fingerprint density at radius 2 is 1.83 bits per heavy atom. The zero-order chi connectivity index (χ0) is 13.7. The van der Waals surface area contributed by atoms with Gasteiger partial charge in [-0.1, -0.05) is 30.3 Å². The molecule has 0 fully saturated rings. The Morgan fingerprint density at radius 3 is 2.28 bits per heavy atom. The van der Waals surface area contributed by atoms with E-state index in [0.717, 1.165) is 0 Å². The van der Waals surface area contributed by atoms with Crippen LogP contribution < -0.4 is 0 Å². The van der Waals surface area contributed by atoms with Gasteiger partial charge >= 0.3 is 5.97 Å². The SMILES string of the molecule is COC(C(=O)N(C)C(C)C(=O)O)c1ccccc1. The van der Waals surface area contributed by atoms with Crippen LogP contribution in [0.1, 0.15) is 18.6 Å². The van der Waals surface area contributed by atoms with Gasteiger partial charge < -0.3 is 14.7 Å². The molecule has 1 aromatic carbocycles. The van der Waals surface area contributed by atoms with Crippen molar-refractivity contribution in [2.75, 3.05) is 14.2 Å². The third-order valence-corrected chi connectivity index (χ3v) is 2.85. The number of aliphatic carboxylic acids is 1. The third-order valence-electron chi connectivity index (χ3n) is 2.85. The highest BCUT2D eigenvalue weighted by molar-refractivity contribution is 5.86. The number of carbonyl (C=O) groups is 2. The topological polar surface area (TPSA) is 66.8 Å². The molecule has 98 valence electrons. The zero-order valence-corrected chi connectivity index (χ0v) is 10.7. The molecule has 0 bridgehead atoms. The lowest BCUT2D eigenvalue weighted by Crippen LogP contribution is -2.43. The van der Waals surface area contributed by atoms with Crippen molar-refractivity contribution < 1.29 is 19.4 Å². The van der Waals surface area contributed by atoms with Crippen molar-refractivity contribution in [1.82, 2.24) is 4.90 Å². The highest BCUT2D eigenvalue weighted by Crippen LogP contribution is 2.19. The molecule has 0 heterocycles. The van der Waals surface area contributed by atoms with E-state index >= 15 is 0 Å². The predicted molar refractivity (Wildman–Crippen MR) is 66.1 cm³/mol. The van der Waals surface area contributed by atoms with E-state index in [4.69, 9.17) is 9.84 Å². The van der Waals surface area contributed by atoms with Crippen LogP contribution in [0.5, 0.6) is 0 Å². The van der Waals surface area contributed by atoms with Crippen LogP contribution >= 0.6 is 0 Å². The number of hydrogen-bond acceptors (Lipinski definition) is 3. The standard InChI is InChI=1S/C13H17NO4/c1-9(13(16)17)14(2)12(15)11(18-3)10-7-5-4-6-8-10/h4-9,11H,1-3H3,(H,16,17). The normalized spacial score (nSPS) is 13.7. The molecule has 5 heteroatoms. The van der Waals surface area contributed by atoms with Crippen LogP contribution in [0.3, 0.4) is 0 Å². The van der Waals surface area contributed by atoms with Crippen molar-refractivity contribution >= 4 is 11.9 Å². The Balaban J connectivity index is 2.90. The van der Waals surface area contributed by atoms with Gasteiger partial charge in [0.25, 0.3) is 5.91 Å². The van der Waals surface area contributed by atoms with Crippen LogP contribution in [0, 0.1) is 0 Å². The molecule has 0 saturated heterocycles. The van der Waals surface area contributed by atoms with E-state index in [1.807, 2.05) is 6.07 Å². The summed E-state index contributed by atoms with van der Waals surface area (Å²) < 4.78 is 5.17. The lowest BCUT2D eigenvalue weighted by atomic mass is 10.1. The van der Waals surface area contributed by atoms with Crippen molar-refractivity contribution in [2.24, 2.45) is 0 Å². The van der Waals surface area contributed by atoms with Crippen LogP contribution in [0.4, 0.5) is 0 Å². The lowest BCUT2D eigenvalue weighted by molar-refractivity contribution is -0.153. The summed E-state index contributed by atoms with van der Waals surface area (Å²) in [6.45, 7) is 1.46. The van der Waals surface area contributed by atoms with E-state index < -0.39 is 18.1 Å². The minimum absolute atomic E-state index is 0.376. The first-order valence-electron chi connectivity index (χ1n) is 5.56. The number of nitrogens with zero attached hydrogens (tertiary/aromatic N) is 1. The number of carbonyl (C=O) groups excluding carboxylic acids is 1. The quantitative estimate of drug-likeness (QED) is 0.856. The average Bonchev–Trinajstić information content (AvgIpc) is 2.38. The number of carboxylic acids is 1. The highest BCUT2D eigenvalue weighted by atomic mass is 16.5. The van der Waals surface area contributed by atoms with Crippen LogP contribution in [0.15, 0.2) is 30.3 Å². The smallest absolute Gasteiger partial charge is 0.326 e. The van der Waals surface area contributed by atoms with E-state index in [0.29, 0.717) is 5.56 Å². The van der Waals surface area contributed by atoms with E-state index in [1.165, 1.54) is 26.0 Å². The molecule has 0 aliphatic rings. The van der Waals surface area contributed by atoms with Crippen molar-refractivity contribution in [3.05, 3.63) is 35.9 Å². The number of carboxylic acid groups (broad SMARTS) is 1. The second-order valence-corrected chi connectivity index (χ2v) is 3.99. The molecule has 1 rings (SSSR count). The summed E-state index contributed by atoms with van der Waals surface area (Å²) >= 11 is 0. The first-order valence-corrected chi connectivity index (χ1v) is 5.56. The molecule has 18 heavy (non-hydrogen) atoms. The summed E-state index contributed by atoms with van der Waals surface area (Å²) in [5.74, 6) is -1.42. The first kappa shape index (κ1) is 14.2. The maximum Gasteiger partial charge on any atom is 0.326 e. The fourth-order valence-electron chi connectivity index (χ4n) is 1.55. The number of rotatable bonds is 5. The minimum atomic E-state index is -1.05. The summed E-state index contributed by atoms with van der Waals surface area (Å²) in [6, 6.07) is 8.09. The molecule has 1 amide bonds. The average molecular weight is 251 g/mol. The zero-order valence-electron chi connectivity index (χ0n) is 10.7. The molecular weight excluding hydrogens is 234 g/mol. The number of likely N-dealkylation sites (N-methyl/N-ethyl adjacent to an activating group) is 1. The van der Waals surface area contributed by atoms with Gasteiger partial charge in [-0.3, -0.25) is 4.79 Å². The second-order valence-electron chi connectivity index (χ2n) is 3.99. The van der Waals surface area contributed by atoms with Gasteiger partial charge in [0.1, 0.15) is 6.04 Å². The lowest BCUT2D eigenvalue weighted by Gasteiger charge is -2.26. The van der Waals surface area contributed by atoms with Crippen molar-refractivity contribution in [3.63, 3.8) is 0 Å². The maximum absolute atomic E-state index is 12.2. The summed E-state index contributed by atoms with van der Waals surface area (Å²) in [5, 5.41) is 8.89. The fourth-order valence-corrected chi connectivity index (χ4v) is 1.55. The van der Waals surface area contributed by atoms with Gasteiger partial charge in [-0.25, -0.2) is 4.79 Å². The van der Waals surface area contributed by atoms with Gasteiger partial charge in [0, 0.05) is 14.2 Å². The van der Waals surface area contributed by atoms with Crippen LogP contribution in [-0.4, -0.2) is 42.1 Å². The number of ether oxygens (including phenoxy) is 1. The monoisotopic (exact) mass is 251 g/mol. The Labute approximate surface area is 106 Å². The predicted octanol–water partition coefficient (Wildman–Crippen LogP) is 1.31. The Morgan fingerprint density at radius 1 is 1.28 bits per heavy atom. The second kappa shape index (κ2) is 6.16. The molecule has 5 nitrogen and oxygen atoms in total. The summed E-state index contributed by atoms with van der Waals surface area (Å²) in [4.78, 5) is 24.2. The molecule has 1 aromatic rings. The third kappa shape index (κ3) is 3.07.